The van der Waals surface area contributed by atoms with Gasteiger partial charge in [-0.05, 0) is 44.5 Å². The second-order valence-corrected chi connectivity index (χ2v) is 9.08. The van der Waals surface area contributed by atoms with Crippen molar-refractivity contribution < 1.29 is 19.5 Å². The highest BCUT2D eigenvalue weighted by Crippen LogP contribution is 2.30. The molecule has 2 heterocycles. The van der Waals surface area contributed by atoms with Crippen LogP contribution in [0.4, 0.5) is 11.5 Å². The predicted molar refractivity (Wildman–Crippen MR) is 131 cm³/mol. The number of carbonyl (C=O) groups excluding carboxylic acids is 1. The van der Waals surface area contributed by atoms with Crippen molar-refractivity contribution >= 4 is 17.9 Å². The van der Waals surface area contributed by atoms with E-state index in [1.165, 1.54) is 5.06 Å². The number of ether oxygens (including phenoxy) is 1. The van der Waals surface area contributed by atoms with Crippen LogP contribution in [0.15, 0.2) is 54.6 Å². The van der Waals surface area contributed by atoms with Crippen molar-refractivity contribution in [3.05, 3.63) is 60.2 Å². The number of aliphatic hydroxyl groups is 1. The zero-order chi connectivity index (χ0) is 24.1. The second kappa shape index (κ2) is 10.3. The van der Waals surface area contributed by atoms with Crippen molar-refractivity contribution in [1.82, 2.24) is 9.97 Å². The summed E-state index contributed by atoms with van der Waals surface area (Å²) in [7, 11) is 0. The fourth-order valence-corrected chi connectivity index (χ4v) is 3.71. The zero-order valence-corrected chi connectivity index (χ0v) is 19.8. The van der Waals surface area contributed by atoms with Gasteiger partial charge in [-0.3, -0.25) is 9.63 Å². The summed E-state index contributed by atoms with van der Waals surface area (Å²) in [5.74, 6) is 1.37. The largest absolute Gasteiger partial charge is 0.392 e. The summed E-state index contributed by atoms with van der Waals surface area (Å²) >= 11 is 0. The van der Waals surface area contributed by atoms with E-state index in [4.69, 9.17) is 19.5 Å². The molecule has 0 bridgehead atoms. The minimum Gasteiger partial charge on any atom is -0.392 e. The van der Waals surface area contributed by atoms with Gasteiger partial charge in [-0.2, -0.15) is 5.06 Å². The molecule has 1 aliphatic rings. The van der Waals surface area contributed by atoms with Crippen LogP contribution in [0.25, 0.3) is 22.6 Å². The quantitative estimate of drug-likeness (QED) is 0.422. The number of aromatic nitrogens is 2. The molecule has 4 rings (SSSR count). The number of benzene rings is 2. The summed E-state index contributed by atoms with van der Waals surface area (Å²) in [6, 6.07) is 17.0. The lowest BCUT2D eigenvalue weighted by atomic mass is 10.1. The molecule has 3 aromatic rings. The maximum atomic E-state index is 11.7. The van der Waals surface area contributed by atoms with Crippen LogP contribution in [-0.4, -0.2) is 53.4 Å². The van der Waals surface area contributed by atoms with Gasteiger partial charge in [-0.1, -0.05) is 30.3 Å². The van der Waals surface area contributed by atoms with E-state index in [1.807, 2.05) is 75.4 Å². The number of morpholine rings is 1. The average Bonchev–Trinajstić information content (AvgIpc) is 2.87. The van der Waals surface area contributed by atoms with E-state index in [2.05, 4.69) is 4.90 Å². The Bertz CT molecular complexity index is 1140. The van der Waals surface area contributed by atoms with E-state index in [1.54, 1.807) is 0 Å². The Balaban J connectivity index is 1.78. The minimum atomic E-state index is -0.528. The Morgan fingerprint density at radius 1 is 1.06 bits per heavy atom. The Hall–Kier alpha value is -3.33. The lowest BCUT2D eigenvalue weighted by Crippen LogP contribution is -2.36. The Morgan fingerprint density at radius 3 is 2.50 bits per heavy atom. The molecule has 0 aliphatic carbocycles. The van der Waals surface area contributed by atoms with Crippen LogP contribution >= 0.6 is 0 Å². The van der Waals surface area contributed by atoms with Crippen LogP contribution in [0.3, 0.4) is 0 Å². The van der Waals surface area contributed by atoms with E-state index in [0.29, 0.717) is 31.1 Å². The number of carbonyl (C=O) groups is 1. The third kappa shape index (κ3) is 5.77. The van der Waals surface area contributed by atoms with Crippen LogP contribution in [0.5, 0.6) is 0 Å². The Kier molecular flexibility index (Phi) is 7.21. The molecule has 1 amide bonds. The summed E-state index contributed by atoms with van der Waals surface area (Å²) in [6.45, 7) is 8.37. The average molecular weight is 463 g/mol. The molecule has 2 aromatic carbocycles. The van der Waals surface area contributed by atoms with Gasteiger partial charge in [-0.25, -0.2) is 9.97 Å². The summed E-state index contributed by atoms with van der Waals surface area (Å²) in [5.41, 5.74) is 3.26. The van der Waals surface area contributed by atoms with Gasteiger partial charge in [0.05, 0.1) is 36.8 Å². The lowest BCUT2D eigenvalue weighted by Gasteiger charge is -2.28. The molecule has 1 aromatic heterocycles. The maximum absolute atomic E-state index is 11.7. The van der Waals surface area contributed by atoms with Gasteiger partial charge >= 0.3 is 0 Å². The van der Waals surface area contributed by atoms with Crippen molar-refractivity contribution in [1.29, 1.82) is 0 Å². The van der Waals surface area contributed by atoms with Crippen LogP contribution in [0, 0.1) is 0 Å². The number of rotatable bonds is 7. The number of hydroxylamine groups is 1. The number of anilines is 2. The normalized spacial score (nSPS) is 14.2. The number of hydrogen-bond acceptors (Lipinski definition) is 7. The maximum Gasteiger partial charge on any atom is 0.238 e. The van der Waals surface area contributed by atoms with E-state index < -0.39 is 5.60 Å². The smallest absolute Gasteiger partial charge is 0.238 e. The van der Waals surface area contributed by atoms with Gasteiger partial charge in [-0.15, -0.1) is 0 Å². The third-order valence-corrected chi connectivity index (χ3v) is 5.28. The molecule has 8 heteroatoms. The van der Waals surface area contributed by atoms with E-state index >= 15 is 0 Å². The van der Waals surface area contributed by atoms with Crippen LogP contribution in [-0.2, 0) is 21.0 Å². The van der Waals surface area contributed by atoms with Crippen LogP contribution in [0.2, 0.25) is 0 Å². The molecule has 1 fully saturated rings. The first kappa shape index (κ1) is 23.8. The molecule has 34 heavy (non-hydrogen) atoms. The topological polar surface area (TPSA) is 88.0 Å². The van der Waals surface area contributed by atoms with Gasteiger partial charge in [0, 0.05) is 30.3 Å². The van der Waals surface area contributed by atoms with E-state index in [0.717, 1.165) is 41.3 Å². The van der Waals surface area contributed by atoms with Gasteiger partial charge in [0.25, 0.3) is 0 Å². The number of nitrogens with zero attached hydrogens (tertiary/aromatic N) is 4. The van der Waals surface area contributed by atoms with Gasteiger partial charge in [0.2, 0.25) is 6.41 Å². The van der Waals surface area contributed by atoms with Crippen molar-refractivity contribution in [3.8, 4) is 22.6 Å². The molecule has 0 atom stereocenters. The fraction of sp³-hybridized carbons (Fsp3) is 0.346. The first-order chi connectivity index (χ1) is 16.4. The van der Waals surface area contributed by atoms with Crippen molar-refractivity contribution in [2.75, 3.05) is 36.3 Å². The van der Waals surface area contributed by atoms with Gasteiger partial charge < -0.3 is 14.7 Å². The number of hydrogen-bond donors (Lipinski definition) is 1. The van der Waals surface area contributed by atoms with Crippen molar-refractivity contribution in [2.45, 2.75) is 33.0 Å². The summed E-state index contributed by atoms with van der Waals surface area (Å²) in [5, 5.41) is 10.8. The zero-order valence-electron chi connectivity index (χ0n) is 19.8. The molecule has 0 radical (unpaired) electrons. The molecule has 178 valence electrons. The van der Waals surface area contributed by atoms with E-state index in [9.17, 15) is 9.90 Å². The molecule has 0 unspecified atom stereocenters. The number of aliphatic hydroxyl groups excluding tert-OH is 1. The molecule has 0 saturated carbocycles. The first-order valence-corrected chi connectivity index (χ1v) is 11.3. The molecule has 0 spiro atoms. The fourth-order valence-electron chi connectivity index (χ4n) is 3.71. The summed E-state index contributed by atoms with van der Waals surface area (Å²) in [6.07, 6.45) is 0.662. The molecule has 1 N–H and O–H groups in total. The number of amides is 1. The molecular formula is C26H30N4O4. The highest BCUT2D eigenvalue weighted by atomic mass is 16.7. The van der Waals surface area contributed by atoms with Gasteiger partial charge in [0.1, 0.15) is 5.82 Å². The second-order valence-electron chi connectivity index (χ2n) is 9.08. The molecule has 1 saturated heterocycles. The molecule has 8 nitrogen and oxygen atoms in total. The summed E-state index contributed by atoms with van der Waals surface area (Å²) in [4.78, 5) is 29.4. The Morgan fingerprint density at radius 2 is 1.79 bits per heavy atom. The highest BCUT2D eigenvalue weighted by Gasteiger charge is 2.20. The van der Waals surface area contributed by atoms with E-state index in [-0.39, 0.29) is 6.61 Å². The highest BCUT2D eigenvalue weighted by molar-refractivity contribution is 5.77. The first-order valence-electron chi connectivity index (χ1n) is 11.3. The minimum absolute atomic E-state index is 0.0544. The lowest BCUT2D eigenvalue weighted by molar-refractivity contribution is -0.120. The van der Waals surface area contributed by atoms with Gasteiger partial charge in [0.15, 0.2) is 5.82 Å². The monoisotopic (exact) mass is 462 g/mol. The SMILES string of the molecule is CC(C)(C)ON(C=O)c1cccc(-c2cc(N3CCOCC3)nc(-c3cccc(CO)c3)n2)c1. The summed E-state index contributed by atoms with van der Waals surface area (Å²) < 4.78 is 5.51. The van der Waals surface area contributed by atoms with Crippen LogP contribution < -0.4 is 9.96 Å². The Labute approximate surface area is 199 Å². The third-order valence-electron chi connectivity index (χ3n) is 5.28. The molecular weight excluding hydrogens is 432 g/mol. The van der Waals surface area contributed by atoms with Crippen molar-refractivity contribution in [2.24, 2.45) is 0 Å². The predicted octanol–water partition coefficient (Wildman–Crippen LogP) is 3.83. The standard InChI is InChI=1S/C26H30N4O4/c1-26(2,3)34-30(18-32)22-9-5-7-20(15-22)23-16-24(29-10-12-33-13-11-29)28-25(27-23)21-8-4-6-19(14-21)17-31/h4-9,14-16,18,31H,10-13,17H2,1-3H3. The van der Waals surface area contributed by atoms with Crippen LogP contribution in [0.1, 0.15) is 26.3 Å². The molecule has 1 aliphatic heterocycles. The van der Waals surface area contributed by atoms with Crippen molar-refractivity contribution in [3.63, 3.8) is 0 Å².